The van der Waals surface area contributed by atoms with Crippen LogP contribution in [0.1, 0.15) is 77.6 Å². The molecule has 1 amide bonds. The Kier molecular flexibility index (Phi) is 8.89. The number of nitrogens with one attached hydrogen (secondary N) is 1. The molecule has 0 aliphatic heterocycles. The Morgan fingerprint density at radius 3 is 2.26 bits per heavy atom. The zero-order chi connectivity index (χ0) is 13.9. The quantitative estimate of drug-likeness (QED) is 0.597. The summed E-state index contributed by atoms with van der Waals surface area (Å²) >= 11 is 0. The van der Waals surface area contributed by atoms with Crippen LogP contribution < -0.4 is 11.1 Å². The summed E-state index contributed by atoms with van der Waals surface area (Å²) in [7, 11) is 0. The Balaban J connectivity index is 1.89. The highest BCUT2D eigenvalue weighted by Gasteiger charge is 2.29. The van der Waals surface area contributed by atoms with Crippen LogP contribution in [0, 0.1) is 5.92 Å². The molecule has 0 saturated heterocycles. The number of rotatable bonds is 10. The lowest BCUT2D eigenvalue weighted by Crippen LogP contribution is -2.38. The molecule has 1 fully saturated rings. The zero-order valence-electron chi connectivity index (χ0n) is 12.6. The molecule has 0 spiro atoms. The molecule has 0 aromatic heterocycles. The number of hydrogen-bond donors (Lipinski definition) is 2. The Bertz CT molecular complexity index is 243. The fourth-order valence-electron chi connectivity index (χ4n) is 2.92. The SMILES string of the molecule is CCCCCCCCCCNC(=O)C1CCCC1N. The van der Waals surface area contributed by atoms with E-state index in [1.165, 1.54) is 44.9 Å². The van der Waals surface area contributed by atoms with E-state index in [0.29, 0.717) is 0 Å². The largest absolute Gasteiger partial charge is 0.356 e. The summed E-state index contributed by atoms with van der Waals surface area (Å²) in [5.41, 5.74) is 5.93. The average molecular weight is 268 g/mol. The number of amides is 1. The number of nitrogens with two attached hydrogens (primary N) is 1. The van der Waals surface area contributed by atoms with Crippen LogP contribution in [-0.4, -0.2) is 18.5 Å². The van der Waals surface area contributed by atoms with Crippen molar-refractivity contribution in [3.05, 3.63) is 0 Å². The highest BCUT2D eigenvalue weighted by Crippen LogP contribution is 2.23. The van der Waals surface area contributed by atoms with Gasteiger partial charge in [-0.1, -0.05) is 58.3 Å². The highest BCUT2D eigenvalue weighted by molar-refractivity contribution is 5.79. The third-order valence-corrected chi connectivity index (χ3v) is 4.24. The van der Waals surface area contributed by atoms with Gasteiger partial charge >= 0.3 is 0 Å². The predicted octanol–water partition coefficient (Wildman–Crippen LogP) is 3.37. The van der Waals surface area contributed by atoms with Gasteiger partial charge in [0, 0.05) is 12.6 Å². The molecule has 19 heavy (non-hydrogen) atoms. The number of unbranched alkanes of at least 4 members (excludes halogenated alkanes) is 7. The number of hydrogen-bond acceptors (Lipinski definition) is 2. The van der Waals surface area contributed by atoms with Crippen LogP contribution in [0.25, 0.3) is 0 Å². The first kappa shape index (κ1) is 16.5. The molecule has 0 radical (unpaired) electrons. The smallest absolute Gasteiger partial charge is 0.224 e. The van der Waals surface area contributed by atoms with Crippen LogP contribution in [0.3, 0.4) is 0 Å². The minimum absolute atomic E-state index is 0.0778. The normalized spacial score (nSPS) is 22.6. The Labute approximate surface area is 118 Å². The molecular weight excluding hydrogens is 236 g/mol. The second-order valence-electron chi connectivity index (χ2n) is 5.97. The summed E-state index contributed by atoms with van der Waals surface area (Å²) in [6.07, 6.45) is 13.5. The van der Waals surface area contributed by atoms with Crippen LogP contribution in [0.2, 0.25) is 0 Å². The monoisotopic (exact) mass is 268 g/mol. The zero-order valence-corrected chi connectivity index (χ0v) is 12.6. The maximum Gasteiger partial charge on any atom is 0.224 e. The molecule has 1 aliphatic rings. The van der Waals surface area contributed by atoms with Crippen molar-refractivity contribution in [2.24, 2.45) is 11.7 Å². The fraction of sp³-hybridized carbons (Fsp3) is 0.938. The highest BCUT2D eigenvalue weighted by atomic mass is 16.1. The molecular formula is C16H32N2O. The van der Waals surface area contributed by atoms with Gasteiger partial charge < -0.3 is 11.1 Å². The summed E-state index contributed by atoms with van der Waals surface area (Å²) in [5, 5.41) is 3.05. The summed E-state index contributed by atoms with van der Waals surface area (Å²) < 4.78 is 0. The molecule has 112 valence electrons. The van der Waals surface area contributed by atoms with Crippen molar-refractivity contribution in [3.8, 4) is 0 Å². The number of carbonyl (C=O) groups is 1. The summed E-state index contributed by atoms with van der Waals surface area (Å²) in [4.78, 5) is 11.9. The van der Waals surface area contributed by atoms with E-state index in [2.05, 4.69) is 12.2 Å². The molecule has 2 unspecified atom stereocenters. The average Bonchev–Trinajstić information content (AvgIpc) is 2.83. The first-order chi connectivity index (χ1) is 9.25. The molecule has 0 bridgehead atoms. The van der Waals surface area contributed by atoms with Gasteiger partial charge in [-0.3, -0.25) is 4.79 Å². The van der Waals surface area contributed by atoms with Crippen molar-refractivity contribution in [1.82, 2.24) is 5.32 Å². The minimum Gasteiger partial charge on any atom is -0.356 e. The number of carbonyl (C=O) groups excluding carboxylic acids is 1. The molecule has 1 rings (SSSR count). The van der Waals surface area contributed by atoms with Crippen molar-refractivity contribution in [1.29, 1.82) is 0 Å². The van der Waals surface area contributed by atoms with Gasteiger partial charge in [0.05, 0.1) is 5.92 Å². The summed E-state index contributed by atoms with van der Waals surface area (Å²) in [6, 6.07) is 0.0959. The van der Waals surface area contributed by atoms with Gasteiger partial charge in [-0.05, 0) is 19.3 Å². The van der Waals surface area contributed by atoms with E-state index in [4.69, 9.17) is 5.73 Å². The van der Waals surface area contributed by atoms with E-state index in [0.717, 1.165) is 32.2 Å². The standard InChI is InChI=1S/C16H32N2O/c1-2-3-4-5-6-7-8-9-13-18-16(19)14-11-10-12-15(14)17/h14-15H,2-13,17H2,1H3,(H,18,19). The van der Waals surface area contributed by atoms with Crippen LogP contribution in [-0.2, 0) is 4.79 Å². The maximum atomic E-state index is 11.9. The van der Waals surface area contributed by atoms with E-state index in [-0.39, 0.29) is 17.9 Å². The second-order valence-corrected chi connectivity index (χ2v) is 5.97. The molecule has 0 heterocycles. The first-order valence-corrected chi connectivity index (χ1v) is 8.29. The van der Waals surface area contributed by atoms with Gasteiger partial charge in [-0.2, -0.15) is 0 Å². The summed E-state index contributed by atoms with van der Waals surface area (Å²) in [6.45, 7) is 3.08. The van der Waals surface area contributed by atoms with E-state index in [9.17, 15) is 4.79 Å². The minimum atomic E-state index is 0.0778. The first-order valence-electron chi connectivity index (χ1n) is 8.29. The van der Waals surface area contributed by atoms with Crippen LogP contribution in [0.15, 0.2) is 0 Å². The molecule has 1 saturated carbocycles. The fourth-order valence-corrected chi connectivity index (χ4v) is 2.92. The van der Waals surface area contributed by atoms with Gasteiger partial charge in [-0.15, -0.1) is 0 Å². The van der Waals surface area contributed by atoms with Crippen LogP contribution >= 0.6 is 0 Å². The van der Waals surface area contributed by atoms with Gasteiger partial charge in [0.2, 0.25) is 5.91 Å². The van der Waals surface area contributed by atoms with Crippen molar-refractivity contribution in [3.63, 3.8) is 0 Å². The Morgan fingerprint density at radius 1 is 1.05 bits per heavy atom. The topological polar surface area (TPSA) is 55.1 Å². The van der Waals surface area contributed by atoms with Gasteiger partial charge in [-0.25, -0.2) is 0 Å². The van der Waals surface area contributed by atoms with Gasteiger partial charge in [0.15, 0.2) is 0 Å². The molecule has 3 N–H and O–H groups in total. The lowest BCUT2D eigenvalue weighted by atomic mass is 10.0. The molecule has 3 heteroatoms. The van der Waals surface area contributed by atoms with Gasteiger partial charge in [0.1, 0.15) is 0 Å². The van der Waals surface area contributed by atoms with E-state index >= 15 is 0 Å². The van der Waals surface area contributed by atoms with E-state index in [1.54, 1.807) is 0 Å². The molecule has 0 aromatic carbocycles. The van der Waals surface area contributed by atoms with Crippen molar-refractivity contribution < 1.29 is 4.79 Å². The van der Waals surface area contributed by atoms with Crippen LogP contribution in [0.4, 0.5) is 0 Å². The molecule has 2 atom stereocenters. The lowest BCUT2D eigenvalue weighted by molar-refractivity contribution is -0.125. The van der Waals surface area contributed by atoms with Crippen molar-refractivity contribution >= 4 is 5.91 Å². The second kappa shape index (κ2) is 10.2. The Hall–Kier alpha value is -0.570. The third kappa shape index (κ3) is 6.95. The van der Waals surface area contributed by atoms with E-state index in [1.807, 2.05) is 0 Å². The lowest BCUT2D eigenvalue weighted by Gasteiger charge is -2.14. The maximum absolute atomic E-state index is 11.9. The predicted molar refractivity (Wildman–Crippen MR) is 80.9 cm³/mol. The summed E-state index contributed by atoms with van der Waals surface area (Å²) in [5.74, 6) is 0.266. The van der Waals surface area contributed by atoms with Crippen LogP contribution in [0.5, 0.6) is 0 Å². The molecule has 3 nitrogen and oxygen atoms in total. The molecule has 1 aliphatic carbocycles. The molecule has 0 aromatic rings. The Morgan fingerprint density at radius 2 is 1.68 bits per heavy atom. The van der Waals surface area contributed by atoms with Gasteiger partial charge in [0.25, 0.3) is 0 Å². The third-order valence-electron chi connectivity index (χ3n) is 4.24. The van der Waals surface area contributed by atoms with Crippen molar-refractivity contribution in [2.45, 2.75) is 83.6 Å². The van der Waals surface area contributed by atoms with Crippen molar-refractivity contribution in [2.75, 3.05) is 6.54 Å². The van der Waals surface area contributed by atoms with E-state index < -0.39 is 0 Å².